The van der Waals surface area contributed by atoms with Crippen molar-refractivity contribution in [3.8, 4) is 0 Å². The van der Waals surface area contributed by atoms with E-state index in [1.54, 1.807) is 18.2 Å². The SMILES string of the molecule is Cc1ccc(S(=O)(=O)C(C=O)Cc2ccccc2F)cc1. The molecule has 0 aliphatic heterocycles. The Kier molecular flexibility index (Phi) is 4.53. The molecule has 5 heteroatoms. The third kappa shape index (κ3) is 3.36. The maximum Gasteiger partial charge on any atom is 0.188 e. The van der Waals surface area contributed by atoms with E-state index in [0.717, 1.165) is 5.56 Å². The molecule has 0 heterocycles. The summed E-state index contributed by atoms with van der Waals surface area (Å²) in [7, 11) is -3.82. The normalized spacial score (nSPS) is 12.9. The Hall–Kier alpha value is -2.01. The third-order valence-electron chi connectivity index (χ3n) is 3.28. The molecule has 0 saturated heterocycles. The number of rotatable bonds is 5. The molecule has 0 amide bonds. The summed E-state index contributed by atoms with van der Waals surface area (Å²) >= 11 is 0. The lowest BCUT2D eigenvalue weighted by Crippen LogP contribution is -2.26. The number of aldehydes is 1. The van der Waals surface area contributed by atoms with Gasteiger partial charge in [0.15, 0.2) is 9.84 Å². The van der Waals surface area contributed by atoms with E-state index in [9.17, 15) is 17.6 Å². The summed E-state index contributed by atoms with van der Waals surface area (Å²) in [5, 5.41) is -1.29. The molecule has 0 aromatic heterocycles. The molecule has 1 atom stereocenters. The highest BCUT2D eigenvalue weighted by atomic mass is 32.2. The Morgan fingerprint density at radius 1 is 1.10 bits per heavy atom. The zero-order chi connectivity index (χ0) is 15.5. The van der Waals surface area contributed by atoms with Gasteiger partial charge in [0.05, 0.1) is 4.90 Å². The van der Waals surface area contributed by atoms with Gasteiger partial charge in [-0.05, 0) is 37.1 Å². The Balaban J connectivity index is 2.34. The van der Waals surface area contributed by atoms with Gasteiger partial charge in [-0.2, -0.15) is 0 Å². The van der Waals surface area contributed by atoms with Crippen molar-refractivity contribution in [3.63, 3.8) is 0 Å². The monoisotopic (exact) mass is 306 g/mol. The minimum Gasteiger partial charge on any atom is -0.302 e. The van der Waals surface area contributed by atoms with E-state index in [1.807, 2.05) is 6.92 Å². The second kappa shape index (κ2) is 6.18. The minimum atomic E-state index is -3.82. The lowest BCUT2D eigenvalue weighted by molar-refractivity contribution is -0.107. The first-order chi connectivity index (χ1) is 9.95. The van der Waals surface area contributed by atoms with Crippen LogP contribution >= 0.6 is 0 Å². The van der Waals surface area contributed by atoms with Crippen molar-refractivity contribution < 1.29 is 17.6 Å². The van der Waals surface area contributed by atoms with Gasteiger partial charge in [0, 0.05) is 0 Å². The van der Waals surface area contributed by atoms with Gasteiger partial charge in [-0.15, -0.1) is 0 Å². The highest BCUT2D eigenvalue weighted by molar-refractivity contribution is 7.92. The standard InChI is InChI=1S/C16H15FO3S/c1-12-6-8-14(9-7-12)21(19,20)15(11-18)10-13-4-2-3-5-16(13)17/h2-9,11,15H,10H2,1H3. The van der Waals surface area contributed by atoms with E-state index >= 15 is 0 Å². The molecule has 0 aliphatic carbocycles. The molecule has 0 saturated carbocycles. The van der Waals surface area contributed by atoms with Gasteiger partial charge >= 0.3 is 0 Å². The summed E-state index contributed by atoms with van der Waals surface area (Å²) in [4.78, 5) is 11.3. The molecule has 0 spiro atoms. The van der Waals surface area contributed by atoms with Crippen molar-refractivity contribution in [1.29, 1.82) is 0 Å². The first-order valence-corrected chi connectivity index (χ1v) is 7.99. The topological polar surface area (TPSA) is 51.2 Å². The molecule has 2 aromatic carbocycles. The van der Waals surface area contributed by atoms with E-state index < -0.39 is 20.9 Å². The number of aryl methyl sites for hydroxylation is 1. The van der Waals surface area contributed by atoms with Crippen molar-refractivity contribution in [2.75, 3.05) is 0 Å². The second-order valence-corrected chi connectivity index (χ2v) is 7.00. The molecule has 0 N–H and O–H groups in total. The van der Waals surface area contributed by atoms with Crippen LogP contribution in [0.5, 0.6) is 0 Å². The molecule has 2 aromatic rings. The molecule has 1 unspecified atom stereocenters. The predicted octanol–water partition coefficient (Wildman–Crippen LogP) is 2.72. The zero-order valence-corrected chi connectivity index (χ0v) is 12.3. The summed E-state index contributed by atoms with van der Waals surface area (Å²) < 4.78 is 38.5. The van der Waals surface area contributed by atoms with Crippen LogP contribution in [0.15, 0.2) is 53.4 Å². The molecule has 0 aliphatic rings. The van der Waals surface area contributed by atoms with Gasteiger partial charge in [-0.25, -0.2) is 12.8 Å². The number of hydrogen-bond acceptors (Lipinski definition) is 3. The summed E-state index contributed by atoms with van der Waals surface area (Å²) in [6, 6.07) is 12.1. The highest BCUT2D eigenvalue weighted by Crippen LogP contribution is 2.20. The van der Waals surface area contributed by atoms with Gasteiger partial charge in [-0.1, -0.05) is 35.9 Å². The van der Waals surface area contributed by atoms with Crippen molar-refractivity contribution in [1.82, 2.24) is 0 Å². The van der Waals surface area contributed by atoms with E-state index in [4.69, 9.17) is 0 Å². The van der Waals surface area contributed by atoms with Crippen LogP contribution in [-0.4, -0.2) is 20.0 Å². The van der Waals surface area contributed by atoms with Crippen LogP contribution in [0.25, 0.3) is 0 Å². The van der Waals surface area contributed by atoms with Gasteiger partial charge in [0.25, 0.3) is 0 Å². The number of benzene rings is 2. The second-order valence-electron chi connectivity index (χ2n) is 4.83. The van der Waals surface area contributed by atoms with Crippen LogP contribution in [0, 0.1) is 12.7 Å². The van der Waals surface area contributed by atoms with Crippen molar-refractivity contribution in [2.24, 2.45) is 0 Å². The molecule has 3 nitrogen and oxygen atoms in total. The smallest absolute Gasteiger partial charge is 0.188 e. The van der Waals surface area contributed by atoms with Gasteiger partial charge in [-0.3, -0.25) is 0 Å². The van der Waals surface area contributed by atoms with Crippen molar-refractivity contribution in [2.45, 2.75) is 23.5 Å². The Morgan fingerprint density at radius 2 is 1.71 bits per heavy atom. The average molecular weight is 306 g/mol. The summed E-state index contributed by atoms with van der Waals surface area (Å²) in [5.74, 6) is -0.511. The number of hydrogen-bond donors (Lipinski definition) is 0. The van der Waals surface area contributed by atoms with E-state index in [-0.39, 0.29) is 16.9 Å². The number of halogens is 1. The van der Waals surface area contributed by atoms with Crippen LogP contribution in [-0.2, 0) is 21.1 Å². The molecule has 110 valence electrons. The van der Waals surface area contributed by atoms with Gasteiger partial charge in [0.2, 0.25) is 0 Å². The molecular weight excluding hydrogens is 291 g/mol. The Labute approximate surface area is 123 Å². The molecular formula is C16H15FO3S. The largest absolute Gasteiger partial charge is 0.302 e. The molecule has 21 heavy (non-hydrogen) atoms. The third-order valence-corrected chi connectivity index (χ3v) is 5.28. The Morgan fingerprint density at radius 3 is 2.29 bits per heavy atom. The van der Waals surface area contributed by atoms with Crippen LogP contribution < -0.4 is 0 Å². The van der Waals surface area contributed by atoms with Crippen molar-refractivity contribution >= 4 is 16.1 Å². The molecule has 0 radical (unpaired) electrons. The first kappa shape index (κ1) is 15.4. The van der Waals surface area contributed by atoms with Gasteiger partial charge < -0.3 is 4.79 Å². The molecule has 0 fully saturated rings. The fourth-order valence-electron chi connectivity index (χ4n) is 2.01. The number of sulfone groups is 1. The van der Waals surface area contributed by atoms with Crippen LogP contribution in [0.4, 0.5) is 4.39 Å². The van der Waals surface area contributed by atoms with Crippen LogP contribution in [0.1, 0.15) is 11.1 Å². The summed E-state index contributed by atoms with van der Waals surface area (Å²) in [6.45, 7) is 1.84. The highest BCUT2D eigenvalue weighted by Gasteiger charge is 2.28. The number of carbonyl (C=O) groups excluding carboxylic acids is 1. The maximum absolute atomic E-state index is 13.6. The lowest BCUT2D eigenvalue weighted by Gasteiger charge is -2.12. The van der Waals surface area contributed by atoms with Crippen LogP contribution in [0.2, 0.25) is 0 Å². The fourth-order valence-corrected chi connectivity index (χ4v) is 3.42. The first-order valence-electron chi connectivity index (χ1n) is 6.44. The Bertz CT molecular complexity index is 736. The molecule has 2 rings (SSSR count). The van der Waals surface area contributed by atoms with Crippen LogP contribution in [0.3, 0.4) is 0 Å². The summed E-state index contributed by atoms with van der Waals surface area (Å²) in [5.41, 5.74) is 1.14. The van der Waals surface area contributed by atoms with Gasteiger partial charge in [0.1, 0.15) is 17.4 Å². The van der Waals surface area contributed by atoms with E-state index in [2.05, 4.69) is 0 Å². The lowest BCUT2D eigenvalue weighted by atomic mass is 10.1. The van der Waals surface area contributed by atoms with Crippen molar-refractivity contribution in [3.05, 3.63) is 65.5 Å². The predicted molar refractivity (Wildman–Crippen MR) is 78.3 cm³/mol. The zero-order valence-electron chi connectivity index (χ0n) is 11.5. The fraction of sp³-hybridized carbons (Fsp3) is 0.188. The maximum atomic E-state index is 13.6. The average Bonchev–Trinajstić information content (AvgIpc) is 2.46. The minimum absolute atomic E-state index is 0.0709. The van der Waals surface area contributed by atoms with E-state index in [0.29, 0.717) is 6.29 Å². The molecule has 0 bridgehead atoms. The quantitative estimate of drug-likeness (QED) is 0.798. The summed E-state index contributed by atoms with van der Waals surface area (Å²) in [6.07, 6.45) is 0.189. The number of carbonyl (C=O) groups is 1. The van der Waals surface area contributed by atoms with E-state index in [1.165, 1.54) is 30.3 Å².